The second kappa shape index (κ2) is 9.30. The van der Waals surface area contributed by atoms with Gasteiger partial charge in [-0.3, -0.25) is 4.79 Å². The molecule has 2 aromatic heterocycles. The second-order valence-electron chi connectivity index (χ2n) is 9.01. The summed E-state index contributed by atoms with van der Waals surface area (Å²) < 4.78 is 5.29. The molecule has 10 heteroatoms. The van der Waals surface area contributed by atoms with Gasteiger partial charge in [0.15, 0.2) is 0 Å². The number of nitrogens with two attached hydrogens (primary N) is 1. The Bertz CT molecular complexity index is 1210. The fourth-order valence-corrected chi connectivity index (χ4v) is 4.28. The Labute approximate surface area is 198 Å². The SMILES string of the molecule is Cc1[nH]c2ncnc(N3CCC(CN)(C(=O)Nc4cccc(OC(=O)N(C)C)c4)CC3)c2c1C. The van der Waals surface area contributed by atoms with Crippen LogP contribution < -0.4 is 20.7 Å². The smallest absolute Gasteiger partial charge is 0.410 e. The molecular weight excluding hydrogens is 434 g/mol. The summed E-state index contributed by atoms with van der Waals surface area (Å²) >= 11 is 0. The summed E-state index contributed by atoms with van der Waals surface area (Å²) in [4.78, 5) is 40.9. The average molecular weight is 466 g/mol. The lowest BCUT2D eigenvalue weighted by Gasteiger charge is -2.40. The lowest BCUT2D eigenvalue weighted by molar-refractivity contribution is -0.126. The van der Waals surface area contributed by atoms with Crippen molar-refractivity contribution in [2.75, 3.05) is 43.9 Å². The number of aromatic amines is 1. The number of nitrogens with zero attached hydrogens (tertiary/aromatic N) is 4. The molecule has 0 spiro atoms. The van der Waals surface area contributed by atoms with E-state index < -0.39 is 11.5 Å². The lowest BCUT2D eigenvalue weighted by atomic mass is 9.77. The van der Waals surface area contributed by atoms with E-state index in [0.29, 0.717) is 37.4 Å². The molecule has 3 heterocycles. The highest BCUT2D eigenvalue weighted by Crippen LogP contribution is 2.36. The number of benzene rings is 1. The first kappa shape index (κ1) is 23.5. The zero-order chi connectivity index (χ0) is 24.5. The largest absolute Gasteiger partial charge is 0.414 e. The van der Waals surface area contributed by atoms with E-state index in [9.17, 15) is 9.59 Å². The molecule has 0 aliphatic carbocycles. The van der Waals surface area contributed by atoms with E-state index in [1.54, 1.807) is 44.7 Å². The summed E-state index contributed by atoms with van der Waals surface area (Å²) in [5.74, 6) is 1.11. The predicted octanol–water partition coefficient (Wildman–Crippen LogP) is 2.82. The first-order valence-electron chi connectivity index (χ1n) is 11.3. The van der Waals surface area contributed by atoms with Crippen LogP contribution in [0.25, 0.3) is 11.0 Å². The van der Waals surface area contributed by atoms with Gasteiger partial charge in [-0.05, 0) is 44.4 Å². The van der Waals surface area contributed by atoms with Crippen molar-refractivity contribution in [3.05, 3.63) is 41.9 Å². The van der Waals surface area contributed by atoms with Crippen molar-refractivity contribution >= 4 is 34.5 Å². The molecule has 10 nitrogen and oxygen atoms in total. The summed E-state index contributed by atoms with van der Waals surface area (Å²) in [6, 6.07) is 6.79. The molecule has 1 aliphatic heterocycles. The van der Waals surface area contributed by atoms with Crippen LogP contribution in [0.15, 0.2) is 30.6 Å². The summed E-state index contributed by atoms with van der Waals surface area (Å²) in [7, 11) is 3.21. The molecular formula is C24H31N7O3. The van der Waals surface area contributed by atoms with Gasteiger partial charge in [0.25, 0.3) is 0 Å². The zero-order valence-corrected chi connectivity index (χ0v) is 20.0. The molecule has 1 fully saturated rings. The Morgan fingerprint density at radius 3 is 2.65 bits per heavy atom. The maximum atomic E-state index is 13.3. The van der Waals surface area contributed by atoms with Crippen LogP contribution in [0, 0.1) is 19.3 Å². The topological polar surface area (TPSA) is 129 Å². The van der Waals surface area contributed by atoms with Crippen molar-refractivity contribution in [2.24, 2.45) is 11.1 Å². The number of nitrogens with one attached hydrogen (secondary N) is 2. The second-order valence-corrected chi connectivity index (χ2v) is 9.01. The molecule has 0 unspecified atom stereocenters. The van der Waals surface area contributed by atoms with E-state index >= 15 is 0 Å². The minimum absolute atomic E-state index is 0.132. The molecule has 4 N–H and O–H groups in total. The average Bonchev–Trinajstić information content (AvgIpc) is 3.12. The summed E-state index contributed by atoms with van der Waals surface area (Å²) in [6.45, 7) is 5.63. The lowest BCUT2D eigenvalue weighted by Crippen LogP contribution is -2.50. The normalized spacial score (nSPS) is 15.3. The number of carbonyl (C=O) groups is 2. The van der Waals surface area contributed by atoms with E-state index in [1.165, 1.54) is 4.90 Å². The number of piperidine rings is 1. The van der Waals surface area contributed by atoms with Gasteiger partial charge in [0.1, 0.15) is 23.5 Å². The van der Waals surface area contributed by atoms with E-state index in [4.69, 9.17) is 10.5 Å². The monoisotopic (exact) mass is 465 g/mol. The van der Waals surface area contributed by atoms with Gasteiger partial charge in [-0.2, -0.15) is 0 Å². The van der Waals surface area contributed by atoms with Crippen LogP contribution in [0.1, 0.15) is 24.1 Å². The Balaban J connectivity index is 1.47. The van der Waals surface area contributed by atoms with Crippen molar-refractivity contribution < 1.29 is 14.3 Å². The molecule has 0 bridgehead atoms. The van der Waals surface area contributed by atoms with Gasteiger partial charge in [-0.15, -0.1) is 0 Å². The zero-order valence-electron chi connectivity index (χ0n) is 20.0. The number of hydrogen-bond acceptors (Lipinski definition) is 7. The van der Waals surface area contributed by atoms with Crippen LogP contribution in [-0.2, 0) is 4.79 Å². The highest BCUT2D eigenvalue weighted by atomic mass is 16.6. The third-order valence-corrected chi connectivity index (χ3v) is 6.63. The molecule has 1 aromatic carbocycles. The standard InChI is InChI=1S/C24H31N7O3/c1-15-16(2)28-20-19(15)21(27-14-26-20)31-10-8-24(13-25,9-11-31)22(32)29-17-6-5-7-18(12-17)34-23(33)30(3)4/h5-7,12,14H,8-11,13,25H2,1-4H3,(H,29,32)(H,26,27,28). The van der Waals surface area contributed by atoms with E-state index in [0.717, 1.165) is 28.1 Å². The number of fused-ring (bicyclic) bond motifs is 1. The number of ether oxygens (including phenoxy) is 1. The molecule has 180 valence electrons. The number of hydrogen-bond donors (Lipinski definition) is 3. The van der Waals surface area contributed by atoms with Crippen LogP contribution in [0.3, 0.4) is 0 Å². The maximum Gasteiger partial charge on any atom is 0.414 e. The first-order chi connectivity index (χ1) is 16.2. The summed E-state index contributed by atoms with van der Waals surface area (Å²) in [5, 5.41) is 3.99. The van der Waals surface area contributed by atoms with E-state index in [-0.39, 0.29) is 12.5 Å². The number of amides is 2. The summed E-state index contributed by atoms with van der Waals surface area (Å²) in [5.41, 5.74) is 9.03. The number of rotatable bonds is 5. The van der Waals surface area contributed by atoms with Crippen LogP contribution in [0.5, 0.6) is 5.75 Å². The highest BCUT2D eigenvalue weighted by molar-refractivity contribution is 5.96. The summed E-state index contributed by atoms with van der Waals surface area (Å²) in [6.07, 6.45) is 2.28. The molecule has 2 amide bonds. The number of carbonyl (C=O) groups excluding carboxylic acids is 2. The number of aryl methyl sites for hydroxylation is 2. The van der Waals surface area contributed by atoms with Gasteiger partial charge >= 0.3 is 6.09 Å². The third kappa shape index (κ3) is 4.41. The molecule has 0 saturated carbocycles. The van der Waals surface area contributed by atoms with E-state index in [2.05, 4.69) is 32.1 Å². The van der Waals surface area contributed by atoms with Crippen molar-refractivity contribution in [3.63, 3.8) is 0 Å². The van der Waals surface area contributed by atoms with E-state index in [1.807, 2.05) is 6.92 Å². The van der Waals surface area contributed by atoms with Gasteiger partial charge in [0.2, 0.25) is 5.91 Å². The highest BCUT2D eigenvalue weighted by Gasteiger charge is 2.41. The van der Waals surface area contributed by atoms with Crippen molar-refractivity contribution in [1.29, 1.82) is 0 Å². The van der Waals surface area contributed by atoms with Crippen LogP contribution in [-0.4, -0.2) is 65.6 Å². The molecule has 0 radical (unpaired) electrons. The van der Waals surface area contributed by atoms with Crippen LogP contribution in [0.4, 0.5) is 16.3 Å². The minimum Gasteiger partial charge on any atom is -0.410 e. The molecule has 4 rings (SSSR count). The molecule has 0 atom stereocenters. The number of H-pyrrole nitrogens is 1. The molecule has 3 aromatic rings. The molecule has 34 heavy (non-hydrogen) atoms. The number of anilines is 2. The van der Waals surface area contributed by atoms with Crippen molar-refractivity contribution in [1.82, 2.24) is 19.9 Å². The maximum absolute atomic E-state index is 13.3. The minimum atomic E-state index is -0.692. The van der Waals surface area contributed by atoms with Crippen LogP contribution >= 0.6 is 0 Å². The Morgan fingerprint density at radius 2 is 1.97 bits per heavy atom. The molecule has 1 aliphatic rings. The molecule has 1 saturated heterocycles. The fourth-order valence-electron chi connectivity index (χ4n) is 4.28. The Kier molecular flexibility index (Phi) is 6.43. The number of aromatic nitrogens is 3. The third-order valence-electron chi connectivity index (χ3n) is 6.63. The fraction of sp³-hybridized carbons (Fsp3) is 0.417. The van der Waals surface area contributed by atoms with Crippen molar-refractivity contribution in [3.8, 4) is 5.75 Å². The Hall–Kier alpha value is -3.66. The predicted molar refractivity (Wildman–Crippen MR) is 131 cm³/mol. The van der Waals surface area contributed by atoms with Gasteiger partial charge in [-0.25, -0.2) is 14.8 Å². The van der Waals surface area contributed by atoms with Crippen LogP contribution in [0.2, 0.25) is 0 Å². The Morgan fingerprint density at radius 1 is 1.24 bits per heavy atom. The quantitative estimate of drug-likeness (QED) is 0.528. The first-order valence-corrected chi connectivity index (χ1v) is 11.3. The van der Waals surface area contributed by atoms with Gasteiger partial charge in [0.05, 0.1) is 10.8 Å². The van der Waals surface area contributed by atoms with Gasteiger partial charge in [-0.1, -0.05) is 6.07 Å². The van der Waals surface area contributed by atoms with Gasteiger partial charge < -0.3 is 30.6 Å². The van der Waals surface area contributed by atoms with Crippen molar-refractivity contribution in [2.45, 2.75) is 26.7 Å². The van der Waals surface area contributed by atoms with Gasteiger partial charge in [0, 0.05) is 51.2 Å².